The molecule has 0 bridgehead atoms. The van der Waals surface area contributed by atoms with Gasteiger partial charge in [-0.3, -0.25) is 53.2 Å². The van der Waals surface area contributed by atoms with Crippen molar-refractivity contribution in [1.82, 2.24) is 25.3 Å². The van der Waals surface area contributed by atoms with Crippen molar-refractivity contribution in [3.63, 3.8) is 0 Å². The Morgan fingerprint density at radius 1 is 0.564 bits per heavy atom. The smallest absolute Gasteiger partial charge is 0.260 e. The standard InChI is InChI=1S/C72H93N9O20/c1-46(2)68(59(78-65(83)15-17-79-66(84)13-14-67(79)85)45-99-34-33-98-32-31-97-30-29-96-28-27-95-26-25-94-24-23-93-22-21-92-20-16-64(73)82)70(87)76-47(3)69(86)77-52-11-9-49(10-12-52)51-36-54-42-75-58-40-63(61(91-5)38-56(58)72(89)81(54)44-51)101-19-6-18-100-62-39-57-55(37-60(62)90-4)71(88)80-43-50(48-7-8-48)35-53(80)41-74-57/h9-14,37-44,46-48,53-54,59,68H,6-8,15-36,45H2,1-5H3,(H2,73,82)(H,76,87)(H,77,86)(H,78,83)/t47-,53?,54?,59?,68-/m0/s1. The van der Waals surface area contributed by atoms with Crippen LogP contribution in [0.1, 0.15) is 92.0 Å². The SMILES string of the molecule is COc1cc2c(cc1OCCCOc1cc3c(cc1OC)C(=O)N1C=C(C4CC4)CC1C=N3)N=CC1CC(c3ccc(NC(=O)[C@H](C)NC(=O)[C@@H](C(C)C)C(COCCOCCOCCOCCOCCOCCOCCOCCC(N)=O)NC(=O)CCN4C(=O)C=CC4=O)cc3)=CN1C2=O. The van der Waals surface area contributed by atoms with Crippen LogP contribution >= 0.6 is 0 Å². The van der Waals surface area contributed by atoms with Gasteiger partial charge in [0, 0.05) is 87.0 Å². The van der Waals surface area contributed by atoms with E-state index >= 15 is 0 Å². The molecule has 29 heteroatoms. The molecular formula is C72H93N9O20. The molecule has 0 radical (unpaired) electrons. The monoisotopic (exact) mass is 1400 g/mol. The normalized spacial score (nSPS) is 17.5. The number of carbonyl (C=O) groups excluding carboxylic acids is 8. The molecule has 3 aromatic carbocycles. The van der Waals surface area contributed by atoms with E-state index in [2.05, 4.69) is 16.0 Å². The second-order valence-corrected chi connectivity index (χ2v) is 25.0. The third-order valence-electron chi connectivity index (χ3n) is 17.3. The van der Waals surface area contributed by atoms with Gasteiger partial charge in [0.25, 0.3) is 23.6 Å². The van der Waals surface area contributed by atoms with Crippen molar-refractivity contribution in [3.05, 3.63) is 95.3 Å². The van der Waals surface area contributed by atoms with Crippen molar-refractivity contribution >= 4 is 82.3 Å². The van der Waals surface area contributed by atoms with Gasteiger partial charge in [0.05, 0.1) is 180 Å². The van der Waals surface area contributed by atoms with E-state index in [4.69, 9.17) is 72.6 Å². The molecule has 3 unspecified atom stereocenters. The lowest BCUT2D eigenvalue weighted by atomic mass is 9.87. The number of imide groups is 1. The Hall–Kier alpha value is -8.94. The van der Waals surface area contributed by atoms with E-state index in [9.17, 15) is 38.4 Å². The Balaban J connectivity index is 0.685. The number of hydrogen-bond acceptors (Lipinski definition) is 22. The summed E-state index contributed by atoms with van der Waals surface area (Å²) in [7, 11) is 3.03. The first kappa shape index (κ1) is 76.2. The second-order valence-electron chi connectivity index (χ2n) is 25.0. The zero-order valence-corrected chi connectivity index (χ0v) is 58.0. The molecule has 5 N–H and O–H groups in total. The van der Waals surface area contributed by atoms with Gasteiger partial charge in [0.2, 0.25) is 23.6 Å². The maximum Gasteiger partial charge on any atom is 0.260 e. The Morgan fingerprint density at radius 2 is 1.05 bits per heavy atom. The van der Waals surface area contributed by atoms with Crippen LogP contribution < -0.4 is 40.6 Å². The topological polar surface area (TPSA) is 344 Å². The number of anilines is 1. The number of nitrogens with zero attached hydrogens (tertiary/aromatic N) is 5. The first-order valence-corrected chi connectivity index (χ1v) is 34.3. The van der Waals surface area contributed by atoms with Gasteiger partial charge in [-0.15, -0.1) is 0 Å². The number of primary amides is 1. The molecule has 0 spiro atoms. The summed E-state index contributed by atoms with van der Waals surface area (Å²) in [6.07, 6.45) is 13.7. The molecule has 101 heavy (non-hydrogen) atoms. The summed E-state index contributed by atoms with van der Waals surface area (Å²) in [5, 5.41) is 8.56. The van der Waals surface area contributed by atoms with Gasteiger partial charge in [-0.05, 0) is 79.0 Å². The molecule has 546 valence electrons. The number of methoxy groups -OCH3 is 2. The number of nitrogens with two attached hydrogens (primary N) is 1. The summed E-state index contributed by atoms with van der Waals surface area (Å²) in [6, 6.07) is 11.5. The van der Waals surface area contributed by atoms with Crippen molar-refractivity contribution in [2.45, 2.75) is 89.9 Å². The minimum Gasteiger partial charge on any atom is -0.493 e. The average Bonchev–Trinajstić information content (AvgIpc) is 1.65. The van der Waals surface area contributed by atoms with E-state index in [1.54, 1.807) is 65.5 Å². The number of carbonyl (C=O) groups is 8. The lowest BCUT2D eigenvalue weighted by Gasteiger charge is -2.31. The molecular weight excluding hydrogens is 1310 g/mol. The third kappa shape index (κ3) is 22.3. The Kier molecular flexibility index (Phi) is 29.3. The van der Waals surface area contributed by atoms with Gasteiger partial charge in [-0.25, -0.2) is 0 Å². The number of fused-ring (bicyclic) bond motifs is 4. The van der Waals surface area contributed by atoms with E-state index in [-0.39, 0.29) is 95.5 Å². The summed E-state index contributed by atoms with van der Waals surface area (Å²) < 4.78 is 68.1. The molecule has 5 aliphatic heterocycles. The van der Waals surface area contributed by atoms with Crippen molar-refractivity contribution in [2.24, 2.45) is 33.5 Å². The largest absolute Gasteiger partial charge is 0.493 e. The summed E-state index contributed by atoms with van der Waals surface area (Å²) >= 11 is 0. The van der Waals surface area contributed by atoms with Gasteiger partial charge >= 0.3 is 0 Å². The zero-order chi connectivity index (χ0) is 71.6. The summed E-state index contributed by atoms with van der Waals surface area (Å²) in [5.74, 6) is -2.44. The fourth-order valence-corrected chi connectivity index (χ4v) is 11.8. The maximum absolute atomic E-state index is 14.2. The lowest BCUT2D eigenvalue weighted by molar-refractivity contribution is -0.137. The molecule has 1 saturated carbocycles. The number of ether oxygens (including phenoxy) is 12. The van der Waals surface area contributed by atoms with Crippen molar-refractivity contribution < 1.29 is 95.2 Å². The molecule has 6 aliphatic rings. The molecule has 0 saturated heterocycles. The van der Waals surface area contributed by atoms with E-state index in [1.807, 2.05) is 38.4 Å². The summed E-state index contributed by atoms with van der Waals surface area (Å²) in [4.78, 5) is 118. The van der Waals surface area contributed by atoms with Crippen LogP contribution in [0.25, 0.3) is 5.57 Å². The van der Waals surface area contributed by atoms with Crippen LogP contribution in [-0.4, -0.2) is 238 Å². The highest BCUT2D eigenvalue weighted by molar-refractivity contribution is 6.13. The third-order valence-corrected chi connectivity index (χ3v) is 17.3. The summed E-state index contributed by atoms with van der Waals surface area (Å²) in [6.45, 7) is 10.4. The Bertz CT molecular complexity index is 3520. The minimum absolute atomic E-state index is 0.106. The number of rotatable bonds is 46. The van der Waals surface area contributed by atoms with Gasteiger partial charge in [-0.2, -0.15) is 0 Å². The minimum atomic E-state index is -1.03. The molecule has 5 heterocycles. The van der Waals surface area contributed by atoms with Crippen LogP contribution in [0.3, 0.4) is 0 Å². The number of benzene rings is 3. The number of hydrogen-bond donors (Lipinski definition) is 4. The first-order valence-electron chi connectivity index (χ1n) is 34.3. The predicted molar refractivity (Wildman–Crippen MR) is 370 cm³/mol. The van der Waals surface area contributed by atoms with Gasteiger partial charge in [0.15, 0.2) is 23.0 Å². The predicted octanol–water partition coefficient (Wildman–Crippen LogP) is 5.27. The lowest BCUT2D eigenvalue weighted by Crippen LogP contribution is -2.54. The molecule has 5 atom stereocenters. The van der Waals surface area contributed by atoms with Crippen molar-refractivity contribution in [1.29, 1.82) is 0 Å². The Morgan fingerprint density at radius 3 is 1.53 bits per heavy atom. The average molecular weight is 1400 g/mol. The van der Waals surface area contributed by atoms with Crippen LogP contribution in [0.5, 0.6) is 23.0 Å². The van der Waals surface area contributed by atoms with Gasteiger partial charge in [-0.1, -0.05) is 26.0 Å². The molecule has 0 aromatic heterocycles. The van der Waals surface area contributed by atoms with E-state index in [0.717, 1.165) is 34.6 Å². The highest BCUT2D eigenvalue weighted by Gasteiger charge is 2.39. The fraction of sp³-hybridized carbons (Fsp3) is 0.528. The quantitative estimate of drug-likeness (QED) is 0.0413. The number of amides is 8. The molecule has 29 nitrogen and oxygen atoms in total. The second kappa shape index (κ2) is 38.7. The molecule has 3 aromatic rings. The van der Waals surface area contributed by atoms with Crippen LogP contribution in [0.15, 0.2) is 88.6 Å². The summed E-state index contributed by atoms with van der Waals surface area (Å²) in [5.41, 5.74) is 10.2. The van der Waals surface area contributed by atoms with Gasteiger partial charge in [0.1, 0.15) is 6.04 Å². The first-order chi connectivity index (χ1) is 49.0. The Labute approximate surface area is 587 Å². The van der Waals surface area contributed by atoms with Crippen molar-refractivity contribution in [2.75, 3.05) is 145 Å². The van der Waals surface area contributed by atoms with E-state index in [0.29, 0.717) is 143 Å². The number of aliphatic imine (C=N–C) groups is 2. The van der Waals surface area contributed by atoms with Crippen molar-refractivity contribution in [3.8, 4) is 23.0 Å². The van der Waals surface area contributed by atoms with Crippen LogP contribution in [0, 0.1) is 17.8 Å². The van der Waals surface area contributed by atoms with E-state index in [1.165, 1.54) is 32.6 Å². The van der Waals surface area contributed by atoms with E-state index < -0.39 is 53.4 Å². The molecule has 8 amide bonds. The molecule has 1 aliphatic carbocycles. The highest BCUT2D eigenvalue weighted by atomic mass is 16.6. The van der Waals surface area contributed by atoms with Crippen LogP contribution in [0.2, 0.25) is 0 Å². The van der Waals surface area contributed by atoms with Crippen LogP contribution in [-0.2, 0) is 66.7 Å². The fourth-order valence-electron chi connectivity index (χ4n) is 11.8. The highest BCUT2D eigenvalue weighted by Crippen LogP contribution is 2.45. The molecule has 9 rings (SSSR count). The van der Waals surface area contributed by atoms with Crippen LogP contribution in [0.4, 0.5) is 17.1 Å². The number of nitrogens with one attached hydrogen (secondary N) is 3. The zero-order valence-electron chi connectivity index (χ0n) is 58.0. The van der Waals surface area contributed by atoms with Gasteiger partial charge < -0.3 is 88.3 Å². The maximum atomic E-state index is 14.2. The molecule has 1 fully saturated rings.